The Balaban J connectivity index is 1.56. The van der Waals surface area contributed by atoms with Gasteiger partial charge < -0.3 is 14.8 Å². The second kappa shape index (κ2) is 5.29. The van der Waals surface area contributed by atoms with E-state index in [1.54, 1.807) is 6.33 Å². The quantitative estimate of drug-likeness (QED) is 0.801. The highest BCUT2D eigenvalue weighted by molar-refractivity contribution is 5.87. The van der Waals surface area contributed by atoms with Crippen LogP contribution in [0.4, 0.5) is 11.6 Å². The fourth-order valence-corrected chi connectivity index (χ4v) is 3.11. The van der Waals surface area contributed by atoms with Crippen molar-refractivity contribution in [3.05, 3.63) is 43.0 Å². The van der Waals surface area contributed by atoms with Crippen LogP contribution in [-0.4, -0.2) is 46.1 Å². The maximum atomic E-state index is 4.49. The number of hydrogen-bond acceptors (Lipinski definition) is 5. The fraction of sp³-hybridized carbons (Fsp3) is 0.312. The summed E-state index contributed by atoms with van der Waals surface area (Å²) >= 11 is 0. The number of nitrogens with one attached hydrogen (secondary N) is 1. The van der Waals surface area contributed by atoms with Crippen molar-refractivity contribution in [1.82, 2.24) is 19.9 Å². The first-order valence-electron chi connectivity index (χ1n) is 7.50. The summed E-state index contributed by atoms with van der Waals surface area (Å²) in [7, 11) is 2.11. The second-order valence-electron chi connectivity index (χ2n) is 5.62. The summed E-state index contributed by atoms with van der Waals surface area (Å²) in [5.74, 6) is 2.03. The molecule has 1 saturated heterocycles. The number of aromatic nitrogens is 4. The van der Waals surface area contributed by atoms with Crippen molar-refractivity contribution in [2.45, 2.75) is 12.5 Å². The van der Waals surface area contributed by atoms with Crippen LogP contribution in [0.25, 0.3) is 11.0 Å². The van der Waals surface area contributed by atoms with Crippen LogP contribution in [0.2, 0.25) is 0 Å². The predicted octanol–water partition coefficient (Wildman–Crippen LogP) is 2.07. The van der Waals surface area contributed by atoms with Gasteiger partial charge in [-0.3, -0.25) is 0 Å². The predicted molar refractivity (Wildman–Crippen MR) is 87.1 cm³/mol. The van der Waals surface area contributed by atoms with Crippen LogP contribution in [-0.2, 0) is 0 Å². The zero-order chi connectivity index (χ0) is 14.9. The van der Waals surface area contributed by atoms with Crippen molar-refractivity contribution in [2.24, 2.45) is 0 Å². The van der Waals surface area contributed by atoms with Gasteiger partial charge in [-0.1, -0.05) is 6.07 Å². The van der Waals surface area contributed by atoms with Gasteiger partial charge in [0.15, 0.2) is 0 Å². The van der Waals surface area contributed by atoms with Crippen molar-refractivity contribution < 1.29 is 0 Å². The normalized spacial score (nSPS) is 18.0. The van der Waals surface area contributed by atoms with Gasteiger partial charge in [0.1, 0.15) is 23.6 Å². The van der Waals surface area contributed by atoms with Gasteiger partial charge in [0.25, 0.3) is 0 Å². The molecule has 0 saturated carbocycles. The molecule has 3 aromatic rings. The van der Waals surface area contributed by atoms with Gasteiger partial charge in [-0.25, -0.2) is 15.0 Å². The van der Waals surface area contributed by atoms with E-state index in [1.165, 1.54) is 0 Å². The lowest BCUT2D eigenvalue weighted by molar-refractivity contribution is 0.684. The van der Waals surface area contributed by atoms with Crippen molar-refractivity contribution in [2.75, 3.05) is 29.9 Å². The lowest BCUT2D eigenvalue weighted by Gasteiger charge is -2.26. The maximum absolute atomic E-state index is 4.49. The first kappa shape index (κ1) is 13.1. The Bertz CT molecular complexity index is 768. The summed E-state index contributed by atoms with van der Waals surface area (Å²) in [5, 5.41) is 1.09. The van der Waals surface area contributed by atoms with Crippen molar-refractivity contribution >= 4 is 22.7 Å². The minimum absolute atomic E-state index is 0.443. The van der Waals surface area contributed by atoms with Gasteiger partial charge in [-0.05, 0) is 24.6 Å². The summed E-state index contributed by atoms with van der Waals surface area (Å²) in [5.41, 5.74) is 0.895. The molecular formula is C16H18N6. The highest BCUT2D eigenvalue weighted by atomic mass is 15.3. The van der Waals surface area contributed by atoms with Gasteiger partial charge in [-0.15, -0.1) is 0 Å². The van der Waals surface area contributed by atoms with Crippen LogP contribution < -0.4 is 9.80 Å². The van der Waals surface area contributed by atoms with E-state index in [9.17, 15) is 0 Å². The summed E-state index contributed by atoms with van der Waals surface area (Å²) in [6, 6.07) is 8.51. The number of pyridine rings is 1. The SMILES string of the molecule is CN(c1ccccn1)C1CCN(c2ncnc3[nH]ccc23)C1. The van der Waals surface area contributed by atoms with Crippen LogP contribution >= 0.6 is 0 Å². The third kappa shape index (κ3) is 2.16. The van der Waals surface area contributed by atoms with E-state index in [1.807, 2.05) is 30.6 Å². The molecule has 1 aliphatic rings. The monoisotopic (exact) mass is 294 g/mol. The number of aromatic amines is 1. The Morgan fingerprint density at radius 1 is 1.23 bits per heavy atom. The van der Waals surface area contributed by atoms with Crippen molar-refractivity contribution in [1.29, 1.82) is 0 Å². The molecule has 1 fully saturated rings. The second-order valence-corrected chi connectivity index (χ2v) is 5.62. The molecule has 0 aliphatic carbocycles. The Morgan fingerprint density at radius 2 is 2.18 bits per heavy atom. The topological polar surface area (TPSA) is 60.9 Å². The Kier molecular flexibility index (Phi) is 3.14. The van der Waals surface area contributed by atoms with Gasteiger partial charge in [0.2, 0.25) is 0 Å². The molecule has 0 bridgehead atoms. The maximum Gasteiger partial charge on any atom is 0.142 e. The van der Waals surface area contributed by atoms with E-state index in [0.717, 1.165) is 42.2 Å². The van der Waals surface area contributed by atoms with E-state index >= 15 is 0 Å². The molecule has 4 rings (SSSR count). The number of fused-ring (bicyclic) bond motifs is 1. The molecule has 0 amide bonds. The highest BCUT2D eigenvalue weighted by Gasteiger charge is 2.28. The molecule has 22 heavy (non-hydrogen) atoms. The molecule has 112 valence electrons. The third-order valence-electron chi connectivity index (χ3n) is 4.35. The van der Waals surface area contributed by atoms with Gasteiger partial charge in [-0.2, -0.15) is 0 Å². The molecule has 1 aliphatic heterocycles. The average molecular weight is 294 g/mol. The smallest absolute Gasteiger partial charge is 0.142 e. The number of anilines is 2. The van der Waals surface area contributed by atoms with E-state index in [2.05, 4.69) is 42.8 Å². The zero-order valence-corrected chi connectivity index (χ0v) is 12.5. The van der Waals surface area contributed by atoms with Crippen LogP contribution in [0.1, 0.15) is 6.42 Å². The van der Waals surface area contributed by atoms with E-state index in [-0.39, 0.29) is 0 Å². The number of rotatable bonds is 3. The van der Waals surface area contributed by atoms with Gasteiger partial charge in [0, 0.05) is 38.6 Å². The molecule has 6 heteroatoms. The van der Waals surface area contributed by atoms with Crippen molar-refractivity contribution in [3.8, 4) is 0 Å². The summed E-state index contributed by atoms with van der Waals surface area (Å²) < 4.78 is 0. The van der Waals surface area contributed by atoms with Gasteiger partial charge in [0.05, 0.1) is 5.39 Å². The minimum atomic E-state index is 0.443. The third-order valence-corrected chi connectivity index (χ3v) is 4.35. The molecular weight excluding hydrogens is 276 g/mol. The molecule has 1 atom stereocenters. The Hall–Kier alpha value is -2.63. The lowest BCUT2D eigenvalue weighted by atomic mass is 10.2. The van der Waals surface area contributed by atoms with Crippen LogP contribution in [0.3, 0.4) is 0 Å². The molecule has 0 spiro atoms. The van der Waals surface area contributed by atoms with Crippen LogP contribution in [0.15, 0.2) is 43.0 Å². The summed E-state index contributed by atoms with van der Waals surface area (Å²) in [4.78, 5) is 20.9. The lowest BCUT2D eigenvalue weighted by Crippen LogP contribution is -2.35. The van der Waals surface area contributed by atoms with E-state index in [4.69, 9.17) is 0 Å². The zero-order valence-electron chi connectivity index (χ0n) is 12.5. The van der Waals surface area contributed by atoms with E-state index in [0.29, 0.717) is 6.04 Å². The summed E-state index contributed by atoms with van der Waals surface area (Å²) in [6.07, 6.45) is 6.48. The minimum Gasteiger partial charge on any atom is -0.355 e. The summed E-state index contributed by atoms with van der Waals surface area (Å²) in [6.45, 7) is 1.95. The Morgan fingerprint density at radius 3 is 3.05 bits per heavy atom. The van der Waals surface area contributed by atoms with Gasteiger partial charge >= 0.3 is 0 Å². The molecule has 0 aromatic carbocycles. The first-order chi connectivity index (χ1) is 10.8. The number of H-pyrrole nitrogens is 1. The van der Waals surface area contributed by atoms with Crippen LogP contribution in [0, 0.1) is 0 Å². The number of nitrogens with zero attached hydrogens (tertiary/aromatic N) is 5. The van der Waals surface area contributed by atoms with Crippen LogP contribution in [0.5, 0.6) is 0 Å². The molecule has 1 N–H and O–H groups in total. The molecule has 3 aromatic heterocycles. The number of hydrogen-bond donors (Lipinski definition) is 1. The molecule has 6 nitrogen and oxygen atoms in total. The largest absolute Gasteiger partial charge is 0.355 e. The highest BCUT2D eigenvalue weighted by Crippen LogP contribution is 2.27. The molecule has 1 unspecified atom stereocenters. The molecule has 0 radical (unpaired) electrons. The van der Waals surface area contributed by atoms with E-state index < -0.39 is 0 Å². The molecule has 4 heterocycles. The Labute approximate surface area is 128 Å². The first-order valence-corrected chi connectivity index (χ1v) is 7.50. The van der Waals surface area contributed by atoms with Crippen molar-refractivity contribution in [3.63, 3.8) is 0 Å². The standard InChI is InChI=1S/C16H18N6/c1-21(14-4-2-3-7-17-14)12-6-9-22(10-12)16-13-5-8-18-15(13)19-11-20-16/h2-5,7-8,11-12H,6,9-10H2,1H3,(H,18,19,20). The average Bonchev–Trinajstić information content (AvgIpc) is 3.24. The number of likely N-dealkylation sites (N-methyl/N-ethyl adjacent to an activating group) is 1. The fourth-order valence-electron chi connectivity index (χ4n) is 3.11.